The molecular formula is C34H43N3O7S. The van der Waals surface area contributed by atoms with Gasteiger partial charge in [0.1, 0.15) is 18.3 Å². The Bertz CT molecular complexity index is 1570. The molecular weight excluding hydrogens is 594 g/mol. The van der Waals surface area contributed by atoms with Crippen LogP contribution in [0.4, 0.5) is 5.69 Å². The molecule has 1 atom stereocenters. The predicted octanol–water partition coefficient (Wildman–Crippen LogP) is 5.08. The number of carbonyl (C=O) groups is 2. The van der Waals surface area contributed by atoms with Crippen molar-refractivity contribution >= 4 is 27.5 Å². The minimum atomic E-state index is -4.23. The Balaban J connectivity index is 1.76. The fourth-order valence-corrected chi connectivity index (χ4v) is 7.01. The molecule has 0 heterocycles. The summed E-state index contributed by atoms with van der Waals surface area (Å²) in [7, 11) is 0.269. The highest BCUT2D eigenvalue weighted by molar-refractivity contribution is 7.92. The molecule has 11 heteroatoms. The zero-order valence-electron chi connectivity index (χ0n) is 26.6. The van der Waals surface area contributed by atoms with Gasteiger partial charge in [0, 0.05) is 18.7 Å². The highest BCUT2D eigenvalue weighted by atomic mass is 32.2. The van der Waals surface area contributed by atoms with Crippen molar-refractivity contribution < 1.29 is 32.2 Å². The van der Waals surface area contributed by atoms with Gasteiger partial charge in [-0.05, 0) is 68.1 Å². The van der Waals surface area contributed by atoms with Gasteiger partial charge >= 0.3 is 0 Å². The Morgan fingerprint density at radius 1 is 0.911 bits per heavy atom. The average Bonchev–Trinajstić information content (AvgIpc) is 3.56. The Morgan fingerprint density at radius 2 is 1.60 bits per heavy atom. The summed E-state index contributed by atoms with van der Waals surface area (Å²) in [6.07, 6.45) is 4.23. The van der Waals surface area contributed by atoms with E-state index in [-0.39, 0.29) is 29.1 Å². The first-order valence-corrected chi connectivity index (χ1v) is 16.6. The molecule has 2 amide bonds. The number of anilines is 1. The van der Waals surface area contributed by atoms with E-state index < -0.39 is 28.5 Å². The first-order valence-electron chi connectivity index (χ1n) is 15.2. The molecule has 1 N–H and O–H groups in total. The number of ether oxygens (including phenoxy) is 3. The molecule has 1 fully saturated rings. The molecule has 1 saturated carbocycles. The summed E-state index contributed by atoms with van der Waals surface area (Å²) in [5.41, 5.74) is 1.85. The van der Waals surface area contributed by atoms with Crippen LogP contribution in [0, 0.1) is 6.92 Å². The van der Waals surface area contributed by atoms with Gasteiger partial charge in [-0.15, -0.1) is 0 Å². The minimum Gasteiger partial charge on any atom is -0.497 e. The van der Waals surface area contributed by atoms with E-state index >= 15 is 0 Å². The third-order valence-electron chi connectivity index (χ3n) is 8.12. The first-order chi connectivity index (χ1) is 21.6. The van der Waals surface area contributed by atoms with Gasteiger partial charge < -0.3 is 24.4 Å². The maximum atomic E-state index is 14.4. The number of aryl methyl sites for hydroxylation is 1. The van der Waals surface area contributed by atoms with E-state index in [1.807, 2.05) is 26.0 Å². The van der Waals surface area contributed by atoms with Crippen LogP contribution in [-0.2, 0) is 26.2 Å². The number of carbonyl (C=O) groups excluding carboxylic acids is 2. The van der Waals surface area contributed by atoms with Crippen molar-refractivity contribution in [2.24, 2.45) is 0 Å². The molecule has 0 spiro atoms. The van der Waals surface area contributed by atoms with Gasteiger partial charge in [0.05, 0.1) is 31.9 Å². The lowest BCUT2D eigenvalue weighted by molar-refractivity contribution is -0.140. The number of nitrogens with zero attached hydrogens (tertiary/aromatic N) is 2. The minimum absolute atomic E-state index is 0.0287. The fraction of sp³-hybridized carbons (Fsp3) is 0.412. The number of benzene rings is 3. The van der Waals surface area contributed by atoms with Crippen molar-refractivity contribution in [1.29, 1.82) is 0 Å². The van der Waals surface area contributed by atoms with E-state index in [0.717, 1.165) is 41.1 Å². The molecule has 4 rings (SSSR count). The van der Waals surface area contributed by atoms with Crippen molar-refractivity contribution in [3.63, 3.8) is 0 Å². The maximum absolute atomic E-state index is 14.4. The fourth-order valence-electron chi connectivity index (χ4n) is 5.60. The van der Waals surface area contributed by atoms with Gasteiger partial charge in [0.2, 0.25) is 11.8 Å². The molecule has 0 radical (unpaired) electrons. The quantitative estimate of drug-likeness (QED) is 0.262. The Hall–Kier alpha value is -4.25. The second-order valence-electron chi connectivity index (χ2n) is 11.2. The average molecular weight is 638 g/mol. The van der Waals surface area contributed by atoms with Crippen LogP contribution in [0.15, 0.2) is 71.6 Å². The third-order valence-corrected chi connectivity index (χ3v) is 9.91. The summed E-state index contributed by atoms with van der Waals surface area (Å²) < 4.78 is 45.6. The number of nitrogens with one attached hydrogen (secondary N) is 1. The van der Waals surface area contributed by atoms with Gasteiger partial charge in [-0.2, -0.15) is 0 Å². The normalized spacial score (nSPS) is 14.0. The van der Waals surface area contributed by atoms with Crippen molar-refractivity contribution in [1.82, 2.24) is 10.2 Å². The van der Waals surface area contributed by atoms with Crippen LogP contribution in [0.5, 0.6) is 17.2 Å². The number of rotatable bonds is 14. The topological polar surface area (TPSA) is 114 Å². The molecule has 242 valence electrons. The van der Waals surface area contributed by atoms with Gasteiger partial charge in [0.15, 0.2) is 11.5 Å². The smallest absolute Gasteiger partial charge is 0.264 e. The second kappa shape index (κ2) is 15.2. The lowest BCUT2D eigenvalue weighted by Crippen LogP contribution is -2.53. The Kier molecular flexibility index (Phi) is 11.3. The van der Waals surface area contributed by atoms with Crippen LogP contribution in [0.2, 0.25) is 0 Å². The number of amides is 2. The van der Waals surface area contributed by atoms with E-state index in [1.54, 1.807) is 43.5 Å². The van der Waals surface area contributed by atoms with E-state index in [0.29, 0.717) is 23.7 Å². The van der Waals surface area contributed by atoms with Gasteiger partial charge in [-0.3, -0.25) is 13.9 Å². The molecule has 10 nitrogen and oxygen atoms in total. The zero-order chi connectivity index (χ0) is 32.6. The number of hydrogen-bond acceptors (Lipinski definition) is 7. The largest absolute Gasteiger partial charge is 0.497 e. The molecule has 0 aliphatic heterocycles. The molecule has 0 unspecified atom stereocenters. The Morgan fingerprint density at radius 3 is 2.22 bits per heavy atom. The summed E-state index contributed by atoms with van der Waals surface area (Å²) in [5, 5.41) is 3.13. The van der Waals surface area contributed by atoms with Crippen LogP contribution >= 0.6 is 0 Å². The van der Waals surface area contributed by atoms with E-state index in [9.17, 15) is 18.0 Å². The van der Waals surface area contributed by atoms with Crippen LogP contribution in [0.3, 0.4) is 0 Å². The van der Waals surface area contributed by atoms with Crippen LogP contribution < -0.4 is 23.8 Å². The highest BCUT2D eigenvalue weighted by Gasteiger charge is 2.35. The van der Waals surface area contributed by atoms with Crippen molar-refractivity contribution in [3.05, 3.63) is 77.9 Å². The third kappa shape index (κ3) is 8.08. The van der Waals surface area contributed by atoms with E-state index in [1.165, 1.54) is 37.3 Å². The van der Waals surface area contributed by atoms with Crippen LogP contribution in [0.25, 0.3) is 0 Å². The molecule has 1 aliphatic rings. The van der Waals surface area contributed by atoms with Crippen LogP contribution in [-0.4, -0.2) is 65.1 Å². The van der Waals surface area contributed by atoms with Gasteiger partial charge in [-0.25, -0.2) is 8.42 Å². The van der Waals surface area contributed by atoms with Gasteiger partial charge in [0.25, 0.3) is 10.0 Å². The number of methoxy groups -OCH3 is 3. The molecule has 45 heavy (non-hydrogen) atoms. The van der Waals surface area contributed by atoms with E-state index in [4.69, 9.17) is 14.2 Å². The number of hydrogen-bond donors (Lipinski definition) is 1. The van der Waals surface area contributed by atoms with Crippen molar-refractivity contribution in [3.8, 4) is 17.2 Å². The highest BCUT2D eigenvalue weighted by Crippen LogP contribution is 2.34. The molecule has 3 aromatic rings. The van der Waals surface area contributed by atoms with E-state index in [2.05, 4.69) is 5.32 Å². The lowest BCUT2D eigenvalue weighted by atomic mass is 10.1. The van der Waals surface area contributed by atoms with Crippen molar-refractivity contribution in [2.45, 2.75) is 69.5 Å². The van der Waals surface area contributed by atoms with Crippen molar-refractivity contribution in [2.75, 3.05) is 32.2 Å². The summed E-state index contributed by atoms with van der Waals surface area (Å²) in [6, 6.07) is 17.6. The molecule has 3 aromatic carbocycles. The monoisotopic (exact) mass is 637 g/mol. The van der Waals surface area contributed by atoms with Gasteiger partial charge in [-0.1, -0.05) is 49.6 Å². The summed E-state index contributed by atoms with van der Waals surface area (Å²) in [5.74, 6) is 0.547. The summed E-state index contributed by atoms with van der Waals surface area (Å²) >= 11 is 0. The standard InChI is InChI=1S/C34H43N3O7S/c1-6-30(34(39)35-26-11-7-8-12-26)36(22-25-10-9-13-28(20-25)42-3)33(38)23-37(27-16-19-31(43-4)32(21-27)44-5)45(40,41)29-17-14-24(2)15-18-29/h9-10,13-21,26,30H,6-8,11-12,22-23H2,1-5H3,(H,35,39)/t30-/m0/s1. The zero-order valence-corrected chi connectivity index (χ0v) is 27.4. The lowest BCUT2D eigenvalue weighted by Gasteiger charge is -2.34. The predicted molar refractivity (Wildman–Crippen MR) is 173 cm³/mol. The molecule has 0 bridgehead atoms. The van der Waals surface area contributed by atoms with Crippen LogP contribution in [0.1, 0.15) is 50.2 Å². The molecule has 0 saturated heterocycles. The first kappa shape index (κ1) is 33.6. The SMILES string of the molecule is CC[C@@H](C(=O)NC1CCCC1)N(Cc1cccc(OC)c1)C(=O)CN(c1ccc(OC)c(OC)c1)S(=O)(=O)c1ccc(C)cc1. The molecule has 0 aromatic heterocycles. The molecule has 1 aliphatic carbocycles. The second-order valence-corrected chi connectivity index (χ2v) is 13.0. The maximum Gasteiger partial charge on any atom is 0.264 e. The Labute approximate surface area is 266 Å². The number of sulfonamides is 1. The summed E-state index contributed by atoms with van der Waals surface area (Å²) in [6.45, 7) is 3.24. The summed E-state index contributed by atoms with van der Waals surface area (Å²) in [4.78, 5) is 29.5.